The third-order valence-corrected chi connectivity index (χ3v) is 2.34. The Bertz CT molecular complexity index is 408. The van der Waals surface area contributed by atoms with Gasteiger partial charge in [-0.25, -0.2) is 4.79 Å². The Morgan fingerprint density at radius 3 is 2.39 bits per heavy atom. The lowest BCUT2D eigenvalue weighted by molar-refractivity contribution is -0.123. The number of benzene rings is 1. The third kappa shape index (κ3) is 4.06. The largest absolute Gasteiger partial charge is 0.394 e. The lowest BCUT2D eigenvalue weighted by Gasteiger charge is -2.19. The Morgan fingerprint density at radius 1 is 1.28 bits per heavy atom. The fourth-order valence-corrected chi connectivity index (χ4v) is 1.46. The molecule has 1 aromatic rings. The fraction of sp³-hybridized carbons (Fsp3) is 0.333. The van der Waals surface area contributed by atoms with Crippen molar-refractivity contribution in [3.05, 3.63) is 35.9 Å². The van der Waals surface area contributed by atoms with Crippen molar-refractivity contribution in [2.24, 2.45) is 5.73 Å². The average Bonchev–Trinajstić information content (AvgIpc) is 2.36. The number of amides is 3. The molecule has 0 aliphatic heterocycles. The first kappa shape index (κ1) is 14.0. The van der Waals surface area contributed by atoms with Gasteiger partial charge >= 0.3 is 6.03 Å². The highest BCUT2D eigenvalue weighted by Gasteiger charge is 2.22. The Labute approximate surface area is 105 Å². The molecule has 1 rings (SSSR count). The van der Waals surface area contributed by atoms with Crippen LogP contribution in [-0.2, 0) is 4.79 Å². The van der Waals surface area contributed by atoms with Gasteiger partial charge in [-0.2, -0.15) is 0 Å². The van der Waals surface area contributed by atoms with Gasteiger partial charge in [0.1, 0.15) is 6.04 Å². The lowest BCUT2D eigenvalue weighted by atomic mass is 10.1. The summed E-state index contributed by atoms with van der Waals surface area (Å²) in [5.74, 6) is -0.415. The highest BCUT2D eigenvalue weighted by molar-refractivity contribution is 5.87. The standard InChI is InChI=1S/C12H17N3O3/c1-8(7-16)14-11(17)10(15-12(13)18)9-5-3-2-4-6-9/h2-6,8,10,16H,7H2,1H3,(H,14,17)(H3,13,15,18)/t8-,10?/m1/s1. The van der Waals surface area contributed by atoms with E-state index in [1.807, 2.05) is 0 Å². The zero-order valence-corrected chi connectivity index (χ0v) is 10.1. The monoisotopic (exact) mass is 251 g/mol. The Kier molecular flexibility index (Phi) is 5.13. The molecule has 0 radical (unpaired) electrons. The number of hydrogen-bond acceptors (Lipinski definition) is 3. The summed E-state index contributed by atoms with van der Waals surface area (Å²) in [6, 6.07) is 6.71. The van der Waals surface area contributed by atoms with E-state index in [0.29, 0.717) is 5.56 Å². The highest BCUT2D eigenvalue weighted by atomic mass is 16.3. The molecule has 0 saturated carbocycles. The van der Waals surface area contributed by atoms with E-state index in [9.17, 15) is 9.59 Å². The number of carbonyl (C=O) groups excluding carboxylic acids is 2. The number of aliphatic hydroxyl groups excluding tert-OH is 1. The molecule has 0 bridgehead atoms. The zero-order chi connectivity index (χ0) is 13.5. The first-order valence-electron chi connectivity index (χ1n) is 5.56. The Hall–Kier alpha value is -2.08. The van der Waals surface area contributed by atoms with Crippen LogP contribution in [0.5, 0.6) is 0 Å². The predicted octanol–water partition coefficient (Wildman–Crippen LogP) is -0.107. The summed E-state index contributed by atoms with van der Waals surface area (Å²) in [6.45, 7) is 1.48. The molecule has 0 aliphatic carbocycles. The van der Waals surface area contributed by atoms with E-state index in [2.05, 4.69) is 10.6 Å². The molecule has 5 N–H and O–H groups in total. The van der Waals surface area contributed by atoms with Gasteiger partial charge in [0, 0.05) is 6.04 Å². The van der Waals surface area contributed by atoms with Gasteiger partial charge in [0.2, 0.25) is 5.91 Å². The van der Waals surface area contributed by atoms with E-state index in [4.69, 9.17) is 10.8 Å². The molecule has 98 valence electrons. The maximum Gasteiger partial charge on any atom is 0.313 e. The predicted molar refractivity (Wildman–Crippen MR) is 66.6 cm³/mol. The van der Waals surface area contributed by atoms with Crippen molar-refractivity contribution in [1.82, 2.24) is 10.6 Å². The van der Waals surface area contributed by atoms with Gasteiger partial charge < -0.3 is 21.5 Å². The second-order valence-electron chi connectivity index (χ2n) is 3.94. The van der Waals surface area contributed by atoms with Crippen molar-refractivity contribution >= 4 is 11.9 Å². The normalized spacial score (nSPS) is 13.4. The molecule has 1 unspecified atom stereocenters. The van der Waals surface area contributed by atoms with Crippen LogP contribution >= 0.6 is 0 Å². The van der Waals surface area contributed by atoms with Crippen molar-refractivity contribution < 1.29 is 14.7 Å². The van der Waals surface area contributed by atoms with Crippen LogP contribution < -0.4 is 16.4 Å². The minimum atomic E-state index is -0.863. The zero-order valence-electron chi connectivity index (χ0n) is 10.1. The molecule has 0 fully saturated rings. The summed E-state index contributed by atoms with van der Waals surface area (Å²) in [7, 11) is 0. The number of rotatable bonds is 5. The number of urea groups is 1. The number of carbonyl (C=O) groups is 2. The second kappa shape index (κ2) is 6.61. The van der Waals surface area contributed by atoms with Gasteiger partial charge in [-0.15, -0.1) is 0 Å². The summed E-state index contributed by atoms with van der Waals surface area (Å²) in [6.07, 6.45) is 0. The van der Waals surface area contributed by atoms with Gasteiger partial charge in [0.05, 0.1) is 6.61 Å². The summed E-state index contributed by atoms with van der Waals surface area (Å²) >= 11 is 0. The van der Waals surface area contributed by atoms with Crippen LogP contribution in [0, 0.1) is 0 Å². The third-order valence-electron chi connectivity index (χ3n) is 2.34. The van der Waals surface area contributed by atoms with Crippen molar-refractivity contribution in [1.29, 1.82) is 0 Å². The van der Waals surface area contributed by atoms with Crippen LogP contribution in [-0.4, -0.2) is 29.7 Å². The summed E-state index contributed by atoms with van der Waals surface area (Å²) in [5, 5.41) is 13.8. The molecule has 2 atom stereocenters. The second-order valence-corrected chi connectivity index (χ2v) is 3.94. The van der Waals surface area contributed by atoms with Gasteiger partial charge in [-0.1, -0.05) is 30.3 Å². The summed E-state index contributed by atoms with van der Waals surface area (Å²) in [4.78, 5) is 22.9. The Balaban J connectivity index is 2.85. The van der Waals surface area contributed by atoms with Crippen LogP contribution in [0.15, 0.2) is 30.3 Å². The van der Waals surface area contributed by atoms with E-state index in [1.165, 1.54) is 0 Å². The average molecular weight is 251 g/mol. The molecule has 18 heavy (non-hydrogen) atoms. The first-order chi connectivity index (χ1) is 8.54. The van der Waals surface area contributed by atoms with Crippen molar-refractivity contribution in [3.63, 3.8) is 0 Å². The fourth-order valence-electron chi connectivity index (χ4n) is 1.46. The molecular weight excluding hydrogens is 234 g/mol. The molecule has 1 aromatic carbocycles. The molecule has 0 heterocycles. The molecule has 0 spiro atoms. The van der Waals surface area contributed by atoms with Gasteiger partial charge in [-0.05, 0) is 12.5 Å². The SMILES string of the molecule is C[C@H](CO)NC(=O)C(NC(N)=O)c1ccccc1. The minimum absolute atomic E-state index is 0.177. The van der Waals surface area contributed by atoms with Crippen molar-refractivity contribution in [3.8, 4) is 0 Å². The molecule has 3 amide bonds. The number of aliphatic hydroxyl groups is 1. The van der Waals surface area contributed by atoms with E-state index >= 15 is 0 Å². The maximum atomic E-state index is 12.0. The van der Waals surface area contributed by atoms with Gasteiger partial charge in [-0.3, -0.25) is 4.79 Å². The molecular formula is C12H17N3O3. The summed E-state index contributed by atoms with van der Waals surface area (Å²) < 4.78 is 0. The Morgan fingerprint density at radius 2 is 1.89 bits per heavy atom. The van der Waals surface area contributed by atoms with E-state index in [0.717, 1.165) is 0 Å². The highest BCUT2D eigenvalue weighted by Crippen LogP contribution is 2.12. The van der Waals surface area contributed by atoms with Crippen molar-refractivity contribution in [2.45, 2.75) is 19.0 Å². The molecule has 0 saturated heterocycles. The van der Waals surface area contributed by atoms with Gasteiger partial charge in [0.25, 0.3) is 0 Å². The number of nitrogens with one attached hydrogen (secondary N) is 2. The van der Waals surface area contributed by atoms with Crippen LogP contribution in [0.4, 0.5) is 4.79 Å². The van der Waals surface area contributed by atoms with Crippen molar-refractivity contribution in [2.75, 3.05) is 6.61 Å². The molecule has 6 nitrogen and oxygen atoms in total. The maximum absolute atomic E-state index is 12.0. The van der Waals surface area contributed by atoms with Crippen LogP contribution in [0.2, 0.25) is 0 Å². The topological polar surface area (TPSA) is 104 Å². The molecule has 6 heteroatoms. The smallest absolute Gasteiger partial charge is 0.313 e. The van der Waals surface area contributed by atoms with Gasteiger partial charge in [0.15, 0.2) is 0 Å². The summed E-state index contributed by atoms with van der Waals surface area (Å²) in [5.41, 5.74) is 5.68. The lowest BCUT2D eigenvalue weighted by Crippen LogP contribution is -2.45. The minimum Gasteiger partial charge on any atom is -0.394 e. The first-order valence-corrected chi connectivity index (χ1v) is 5.56. The van der Waals surface area contributed by atoms with Crippen LogP contribution in [0.25, 0.3) is 0 Å². The van der Waals surface area contributed by atoms with E-state index in [-0.39, 0.29) is 6.61 Å². The molecule has 0 aliphatic rings. The van der Waals surface area contributed by atoms with E-state index in [1.54, 1.807) is 37.3 Å². The van der Waals surface area contributed by atoms with Crippen LogP contribution in [0.1, 0.15) is 18.5 Å². The quantitative estimate of drug-likeness (QED) is 0.587. The molecule has 0 aromatic heterocycles. The number of hydrogen-bond donors (Lipinski definition) is 4. The van der Waals surface area contributed by atoms with E-state index < -0.39 is 24.0 Å². The number of primary amides is 1. The van der Waals surface area contributed by atoms with Crippen LogP contribution in [0.3, 0.4) is 0 Å². The number of nitrogens with two attached hydrogens (primary N) is 1.